The molecule has 2 unspecified atom stereocenters. The number of carbonyl (C=O) groups excluding carboxylic acids is 1. The molecule has 6 heteroatoms. The predicted molar refractivity (Wildman–Crippen MR) is 102 cm³/mol. The fourth-order valence-corrected chi connectivity index (χ4v) is 4.49. The van der Waals surface area contributed by atoms with E-state index in [0.717, 1.165) is 24.5 Å². The molecule has 2 aliphatic carbocycles. The molecule has 0 amide bonds. The zero-order valence-electron chi connectivity index (χ0n) is 15.1. The summed E-state index contributed by atoms with van der Waals surface area (Å²) in [5.74, 6) is -0.0379. The smallest absolute Gasteiger partial charge is 0.417 e. The van der Waals surface area contributed by atoms with Gasteiger partial charge in [0.2, 0.25) is 0 Å². The summed E-state index contributed by atoms with van der Waals surface area (Å²) in [5, 5.41) is 10.3. The van der Waals surface area contributed by atoms with Crippen LogP contribution in [-0.4, -0.2) is 10.9 Å². The monoisotopic (exact) mass is 406 g/mol. The maximum atomic E-state index is 13.2. The van der Waals surface area contributed by atoms with Crippen LogP contribution in [0.2, 0.25) is 5.02 Å². The summed E-state index contributed by atoms with van der Waals surface area (Å²) in [7, 11) is 0. The van der Waals surface area contributed by atoms with E-state index in [1.807, 2.05) is 6.92 Å². The first-order valence-electron chi connectivity index (χ1n) is 9.12. The van der Waals surface area contributed by atoms with Gasteiger partial charge in [-0.25, -0.2) is 0 Å². The Morgan fingerprint density at radius 1 is 1.04 bits per heavy atom. The van der Waals surface area contributed by atoms with Crippen LogP contribution >= 0.6 is 11.6 Å². The molecule has 2 bridgehead atoms. The number of aryl methyl sites for hydroxylation is 1. The van der Waals surface area contributed by atoms with E-state index >= 15 is 0 Å². The number of aliphatic hydroxyl groups is 1. The normalized spacial score (nSPS) is 22.1. The van der Waals surface area contributed by atoms with Crippen LogP contribution in [0.3, 0.4) is 0 Å². The van der Waals surface area contributed by atoms with Crippen molar-refractivity contribution in [2.75, 3.05) is 0 Å². The second-order valence-electron chi connectivity index (χ2n) is 7.55. The van der Waals surface area contributed by atoms with Gasteiger partial charge in [0.05, 0.1) is 16.2 Å². The van der Waals surface area contributed by atoms with Crippen LogP contribution in [-0.2, 0) is 11.0 Å². The predicted octanol–water partition coefficient (Wildman–Crippen LogP) is 6.60. The molecule has 2 atom stereocenters. The van der Waals surface area contributed by atoms with Gasteiger partial charge in [0.25, 0.3) is 0 Å². The third kappa shape index (κ3) is 3.12. The van der Waals surface area contributed by atoms with Crippen molar-refractivity contribution < 1.29 is 23.1 Å². The molecule has 0 aromatic heterocycles. The molecule has 2 aromatic rings. The molecule has 4 rings (SSSR count). The van der Waals surface area contributed by atoms with Gasteiger partial charge in [0, 0.05) is 11.8 Å². The molecule has 0 saturated heterocycles. The quantitative estimate of drug-likeness (QED) is 0.609. The summed E-state index contributed by atoms with van der Waals surface area (Å²) in [6.07, 6.45) is -2.32. The van der Waals surface area contributed by atoms with Gasteiger partial charge in [-0.15, -0.1) is 0 Å². The van der Waals surface area contributed by atoms with E-state index in [4.69, 9.17) is 11.6 Å². The van der Waals surface area contributed by atoms with E-state index < -0.39 is 11.7 Å². The van der Waals surface area contributed by atoms with E-state index in [0.29, 0.717) is 28.7 Å². The Morgan fingerprint density at radius 3 is 2.39 bits per heavy atom. The topological polar surface area (TPSA) is 37.3 Å². The average molecular weight is 407 g/mol. The SMILES string of the molecule is Cc1ccc(-c2ccc(Cl)c(C(F)(F)F)c2)cc1C1=C(O)C2CCC(C2)C1=O. The van der Waals surface area contributed by atoms with Crippen LogP contribution in [0.5, 0.6) is 0 Å². The van der Waals surface area contributed by atoms with Gasteiger partial charge < -0.3 is 5.11 Å². The summed E-state index contributed by atoms with van der Waals surface area (Å²) in [6.45, 7) is 1.83. The van der Waals surface area contributed by atoms with Crippen LogP contribution in [0.15, 0.2) is 42.2 Å². The maximum absolute atomic E-state index is 13.2. The summed E-state index contributed by atoms with van der Waals surface area (Å²) in [6, 6.07) is 8.91. The fourth-order valence-electron chi connectivity index (χ4n) is 4.27. The highest BCUT2D eigenvalue weighted by Crippen LogP contribution is 2.46. The van der Waals surface area contributed by atoms with Gasteiger partial charge in [-0.2, -0.15) is 13.2 Å². The number of benzene rings is 2. The number of allylic oxidation sites excluding steroid dienone is 2. The average Bonchev–Trinajstić information content (AvgIpc) is 3.08. The van der Waals surface area contributed by atoms with Crippen molar-refractivity contribution in [1.82, 2.24) is 0 Å². The molecule has 2 nitrogen and oxygen atoms in total. The first kappa shape index (κ1) is 19.1. The standard InChI is InChI=1S/C22H18ClF3O2/c1-11-2-3-12(13-6-7-18(23)17(10-13)22(24,25)26)9-16(11)19-20(27)14-4-5-15(8-14)21(19)28/h2-3,6-7,9-10,14-15,27H,4-5,8H2,1H3. The van der Waals surface area contributed by atoms with Crippen LogP contribution in [0, 0.1) is 18.8 Å². The van der Waals surface area contributed by atoms with Gasteiger partial charge in [-0.1, -0.05) is 29.8 Å². The lowest BCUT2D eigenvalue weighted by Gasteiger charge is -2.23. The molecular weight excluding hydrogens is 389 g/mol. The zero-order valence-corrected chi connectivity index (χ0v) is 15.9. The number of ketones is 1. The molecule has 0 heterocycles. The van der Waals surface area contributed by atoms with Gasteiger partial charge in [0.15, 0.2) is 5.78 Å². The zero-order chi connectivity index (χ0) is 20.2. The van der Waals surface area contributed by atoms with Gasteiger partial charge in [0.1, 0.15) is 5.76 Å². The Morgan fingerprint density at radius 2 is 1.68 bits per heavy atom. The molecule has 1 fully saturated rings. The number of alkyl halides is 3. The minimum Gasteiger partial charge on any atom is -0.511 e. The van der Waals surface area contributed by atoms with Crippen molar-refractivity contribution >= 4 is 23.0 Å². The Hall–Kier alpha value is -2.27. The van der Waals surface area contributed by atoms with Crippen molar-refractivity contribution in [2.24, 2.45) is 11.8 Å². The Balaban J connectivity index is 1.83. The third-order valence-corrected chi connectivity index (χ3v) is 6.13. The van der Waals surface area contributed by atoms with Crippen molar-refractivity contribution in [1.29, 1.82) is 0 Å². The largest absolute Gasteiger partial charge is 0.511 e. The number of aliphatic hydroxyl groups excluding tert-OH is 1. The second kappa shape index (κ2) is 6.66. The highest BCUT2D eigenvalue weighted by atomic mass is 35.5. The number of hydrogen-bond acceptors (Lipinski definition) is 2. The van der Waals surface area contributed by atoms with Gasteiger partial charge in [-0.05, 0) is 66.6 Å². The number of rotatable bonds is 2. The summed E-state index contributed by atoms with van der Waals surface area (Å²) >= 11 is 5.72. The van der Waals surface area contributed by atoms with Crippen LogP contribution in [0.25, 0.3) is 16.7 Å². The van der Waals surface area contributed by atoms with Crippen molar-refractivity contribution in [3.63, 3.8) is 0 Å². The Bertz CT molecular complexity index is 1010. The lowest BCUT2D eigenvalue weighted by Crippen LogP contribution is -2.21. The van der Waals surface area contributed by atoms with Crippen molar-refractivity contribution in [3.8, 4) is 11.1 Å². The van der Waals surface area contributed by atoms with Crippen molar-refractivity contribution in [3.05, 3.63) is 63.9 Å². The van der Waals surface area contributed by atoms with Crippen LogP contribution in [0.4, 0.5) is 13.2 Å². The molecule has 1 saturated carbocycles. The molecule has 1 N–H and O–H groups in total. The summed E-state index contributed by atoms with van der Waals surface area (Å²) < 4.78 is 39.6. The van der Waals surface area contributed by atoms with E-state index in [1.165, 1.54) is 12.1 Å². The molecule has 2 aliphatic rings. The Labute approximate surface area is 165 Å². The fraction of sp³-hybridized carbons (Fsp3) is 0.318. The lowest BCUT2D eigenvalue weighted by molar-refractivity contribution is -0.137. The molecule has 0 spiro atoms. The highest BCUT2D eigenvalue weighted by molar-refractivity contribution is 6.31. The number of halogens is 4. The molecule has 28 heavy (non-hydrogen) atoms. The maximum Gasteiger partial charge on any atom is 0.417 e. The van der Waals surface area contributed by atoms with Crippen LogP contribution in [0.1, 0.15) is 36.0 Å². The van der Waals surface area contributed by atoms with Gasteiger partial charge >= 0.3 is 6.18 Å². The number of Topliss-reactive ketones (excluding diaryl/α,β-unsaturated/α-hetero) is 1. The minimum atomic E-state index is -4.56. The molecular formula is C22H18ClF3O2. The van der Waals surface area contributed by atoms with E-state index in [1.54, 1.807) is 18.2 Å². The summed E-state index contributed by atoms with van der Waals surface area (Å²) in [4.78, 5) is 12.8. The van der Waals surface area contributed by atoms with E-state index in [9.17, 15) is 23.1 Å². The number of hydrogen-bond donors (Lipinski definition) is 1. The molecule has 146 valence electrons. The van der Waals surface area contributed by atoms with Crippen molar-refractivity contribution in [2.45, 2.75) is 32.4 Å². The second-order valence-corrected chi connectivity index (χ2v) is 7.96. The highest BCUT2D eigenvalue weighted by Gasteiger charge is 2.41. The van der Waals surface area contributed by atoms with E-state index in [-0.39, 0.29) is 28.4 Å². The van der Waals surface area contributed by atoms with E-state index in [2.05, 4.69) is 0 Å². The first-order valence-corrected chi connectivity index (χ1v) is 9.50. The van der Waals surface area contributed by atoms with Gasteiger partial charge in [-0.3, -0.25) is 4.79 Å². The molecule has 0 aliphatic heterocycles. The molecule has 2 aromatic carbocycles. The Kier molecular flexibility index (Phi) is 4.53. The number of fused-ring (bicyclic) bond motifs is 2. The minimum absolute atomic E-state index is 0.00637. The first-order chi connectivity index (χ1) is 13.2. The lowest BCUT2D eigenvalue weighted by atomic mass is 9.81. The molecule has 0 radical (unpaired) electrons. The summed E-state index contributed by atoms with van der Waals surface area (Å²) in [5.41, 5.74) is 1.69. The number of carbonyl (C=O) groups is 1. The van der Waals surface area contributed by atoms with Crippen LogP contribution < -0.4 is 0 Å². The third-order valence-electron chi connectivity index (χ3n) is 5.80.